The molecule has 2 N–H and O–H groups in total. The fourth-order valence-corrected chi connectivity index (χ4v) is 2.22. The Labute approximate surface area is 117 Å². The first-order chi connectivity index (χ1) is 9.47. The molecule has 1 heterocycles. The number of hydrogen-bond acceptors (Lipinski definition) is 4. The van der Waals surface area contributed by atoms with Crippen LogP contribution in [0.25, 0.3) is 10.8 Å². The summed E-state index contributed by atoms with van der Waals surface area (Å²) in [6, 6.07) is 6.86. The van der Waals surface area contributed by atoms with Crippen LogP contribution in [0.3, 0.4) is 0 Å². The van der Waals surface area contributed by atoms with Crippen LogP contribution in [0.15, 0.2) is 30.5 Å². The van der Waals surface area contributed by atoms with Crippen molar-refractivity contribution >= 4 is 22.6 Å². The van der Waals surface area contributed by atoms with Crippen molar-refractivity contribution in [2.45, 2.75) is 13.8 Å². The lowest BCUT2D eigenvalue weighted by atomic mass is 10.1. The molecule has 5 heteroatoms. The van der Waals surface area contributed by atoms with Gasteiger partial charge in [0.15, 0.2) is 0 Å². The van der Waals surface area contributed by atoms with Gasteiger partial charge in [-0.3, -0.25) is 4.79 Å². The second-order valence-electron chi connectivity index (χ2n) is 5.21. The third kappa shape index (κ3) is 3.17. The quantitative estimate of drug-likeness (QED) is 0.876. The molecule has 20 heavy (non-hydrogen) atoms. The molecule has 106 valence electrons. The largest absolute Gasteiger partial charge is 0.508 e. The average molecular weight is 274 g/mol. The number of phenols is 1. The van der Waals surface area contributed by atoms with Crippen LogP contribution in [-0.2, 0) is 4.79 Å². The van der Waals surface area contributed by atoms with E-state index < -0.39 is 5.97 Å². The van der Waals surface area contributed by atoms with Gasteiger partial charge in [-0.2, -0.15) is 0 Å². The number of rotatable bonds is 5. The molecule has 0 saturated heterocycles. The van der Waals surface area contributed by atoms with Crippen molar-refractivity contribution in [3.8, 4) is 5.75 Å². The number of aromatic hydroxyl groups is 1. The Balaban J connectivity index is 2.51. The molecule has 0 saturated carbocycles. The third-order valence-corrected chi connectivity index (χ3v) is 2.94. The van der Waals surface area contributed by atoms with Gasteiger partial charge in [-0.15, -0.1) is 0 Å². The Kier molecular flexibility index (Phi) is 4.08. The second kappa shape index (κ2) is 5.77. The maximum absolute atomic E-state index is 11.0. The summed E-state index contributed by atoms with van der Waals surface area (Å²) >= 11 is 0. The molecule has 5 nitrogen and oxygen atoms in total. The van der Waals surface area contributed by atoms with E-state index in [1.165, 1.54) is 0 Å². The van der Waals surface area contributed by atoms with Gasteiger partial charge in [-0.1, -0.05) is 19.9 Å². The third-order valence-electron chi connectivity index (χ3n) is 2.94. The van der Waals surface area contributed by atoms with E-state index in [4.69, 9.17) is 5.11 Å². The van der Waals surface area contributed by atoms with Crippen LogP contribution in [0, 0.1) is 5.92 Å². The van der Waals surface area contributed by atoms with Crippen molar-refractivity contribution in [1.82, 2.24) is 4.98 Å². The summed E-state index contributed by atoms with van der Waals surface area (Å²) in [6.45, 7) is 4.53. The van der Waals surface area contributed by atoms with Crippen LogP contribution < -0.4 is 4.90 Å². The summed E-state index contributed by atoms with van der Waals surface area (Å²) in [4.78, 5) is 17.1. The molecule has 0 atom stereocenters. The van der Waals surface area contributed by atoms with E-state index in [9.17, 15) is 9.90 Å². The Hall–Kier alpha value is -2.30. The SMILES string of the molecule is CC(C)CN(CC(=O)O)c1nccc2ccc(O)cc12. The Morgan fingerprint density at radius 2 is 2.10 bits per heavy atom. The molecule has 2 aromatic rings. The molecule has 0 aliphatic carbocycles. The number of carboxylic acids is 1. The zero-order valence-electron chi connectivity index (χ0n) is 11.6. The molecule has 0 aliphatic heterocycles. The van der Waals surface area contributed by atoms with Crippen LogP contribution in [-0.4, -0.2) is 34.3 Å². The number of hydrogen-bond donors (Lipinski definition) is 2. The lowest BCUT2D eigenvalue weighted by molar-refractivity contribution is -0.135. The van der Waals surface area contributed by atoms with E-state index >= 15 is 0 Å². The molecule has 0 aliphatic rings. The van der Waals surface area contributed by atoms with Gasteiger partial charge in [0.1, 0.15) is 18.1 Å². The van der Waals surface area contributed by atoms with Gasteiger partial charge < -0.3 is 15.1 Å². The minimum atomic E-state index is -0.899. The number of phenolic OH excluding ortho intramolecular Hbond substituents is 1. The number of anilines is 1. The highest BCUT2D eigenvalue weighted by Gasteiger charge is 2.16. The van der Waals surface area contributed by atoms with Crippen molar-refractivity contribution in [1.29, 1.82) is 0 Å². The average Bonchev–Trinajstić information content (AvgIpc) is 2.36. The number of carboxylic acid groups (broad SMARTS) is 1. The van der Waals surface area contributed by atoms with Crippen molar-refractivity contribution in [3.63, 3.8) is 0 Å². The molecule has 1 aromatic carbocycles. The number of carbonyl (C=O) groups is 1. The van der Waals surface area contributed by atoms with Crippen molar-refractivity contribution in [2.75, 3.05) is 18.0 Å². The molecule has 1 aromatic heterocycles. The first-order valence-electron chi connectivity index (χ1n) is 6.52. The maximum Gasteiger partial charge on any atom is 0.323 e. The molecular formula is C15H18N2O3. The van der Waals surface area contributed by atoms with Gasteiger partial charge in [0.2, 0.25) is 0 Å². The first-order valence-corrected chi connectivity index (χ1v) is 6.52. The molecule has 0 spiro atoms. The zero-order chi connectivity index (χ0) is 14.7. The maximum atomic E-state index is 11.0. The van der Waals surface area contributed by atoms with Crippen molar-refractivity contribution in [2.24, 2.45) is 5.92 Å². The topological polar surface area (TPSA) is 73.7 Å². The number of aromatic nitrogens is 1. The highest BCUT2D eigenvalue weighted by atomic mass is 16.4. The van der Waals surface area contributed by atoms with E-state index in [1.807, 2.05) is 19.9 Å². The number of nitrogens with zero attached hydrogens (tertiary/aromatic N) is 2. The van der Waals surface area contributed by atoms with Crippen LogP contribution in [0.4, 0.5) is 5.82 Å². The molecule has 0 radical (unpaired) electrons. The summed E-state index contributed by atoms with van der Waals surface area (Å²) in [5.41, 5.74) is 0. The van der Waals surface area contributed by atoms with Crippen LogP contribution in [0.1, 0.15) is 13.8 Å². The standard InChI is InChI=1S/C15H18N2O3/c1-10(2)8-17(9-14(19)20)15-13-7-12(18)4-3-11(13)5-6-16-15/h3-7,10,18H,8-9H2,1-2H3,(H,19,20). The van der Waals surface area contributed by atoms with Crippen LogP contribution in [0.5, 0.6) is 5.75 Å². The molecule has 0 amide bonds. The molecule has 0 unspecified atom stereocenters. The van der Waals surface area contributed by atoms with E-state index in [0.29, 0.717) is 18.3 Å². The molecule has 0 bridgehead atoms. The van der Waals surface area contributed by atoms with E-state index in [0.717, 1.165) is 10.8 Å². The summed E-state index contributed by atoms with van der Waals surface area (Å²) in [5, 5.41) is 20.4. The highest BCUT2D eigenvalue weighted by Crippen LogP contribution is 2.28. The lowest BCUT2D eigenvalue weighted by Crippen LogP contribution is -2.33. The first kappa shape index (κ1) is 14.1. The zero-order valence-corrected chi connectivity index (χ0v) is 11.6. The minimum Gasteiger partial charge on any atom is -0.508 e. The summed E-state index contributed by atoms with van der Waals surface area (Å²) in [7, 11) is 0. The molecular weight excluding hydrogens is 256 g/mol. The molecule has 2 rings (SSSR count). The fraction of sp³-hybridized carbons (Fsp3) is 0.333. The number of benzene rings is 1. The fourth-order valence-electron chi connectivity index (χ4n) is 2.22. The second-order valence-corrected chi connectivity index (χ2v) is 5.21. The summed E-state index contributed by atoms with van der Waals surface area (Å²) < 4.78 is 0. The van der Waals surface area contributed by atoms with Crippen molar-refractivity contribution < 1.29 is 15.0 Å². The Morgan fingerprint density at radius 1 is 1.35 bits per heavy atom. The minimum absolute atomic E-state index is 0.111. The lowest BCUT2D eigenvalue weighted by Gasteiger charge is -2.25. The van der Waals surface area contributed by atoms with E-state index in [2.05, 4.69) is 4.98 Å². The van der Waals surface area contributed by atoms with Crippen LogP contribution in [0.2, 0.25) is 0 Å². The summed E-state index contributed by atoms with van der Waals surface area (Å²) in [5.74, 6) is 0.148. The Morgan fingerprint density at radius 3 is 2.75 bits per heavy atom. The molecule has 0 fully saturated rings. The summed E-state index contributed by atoms with van der Waals surface area (Å²) in [6.07, 6.45) is 1.66. The predicted molar refractivity (Wildman–Crippen MR) is 78.1 cm³/mol. The monoisotopic (exact) mass is 274 g/mol. The van der Waals surface area contributed by atoms with Crippen molar-refractivity contribution in [3.05, 3.63) is 30.5 Å². The predicted octanol–water partition coefficient (Wildman–Crippen LogP) is 2.49. The smallest absolute Gasteiger partial charge is 0.323 e. The number of pyridine rings is 1. The van der Waals surface area contributed by atoms with Gasteiger partial charge >= 0.3 is 5.97 Å². The van der Waals surface area contributed by atoms with Gasteiger partial charge in [0.05, 0.1) is 0 Å². The normalized spacial score (nSPS) is 10.9. The van der Waals surface area contributed by atoms with Gasteiger partial charge in [-0.05, 0) is 29.5 Å². The van der Waals surface area contributed by atoms with Gasteiger partial charge in [-0.25, -0.2) is 4.98 Å². The highest BCUT2D eigenvalue weighted by molar-refractivity contribution is 5.94. The number of aliphatic carboxylic acids is 1. The van der Waals surface area contributed by atoms with E-state index in [1.54, 1.807) is 29.3 Å². The Bertz CT molecular complexity index is 626. The van der Waals surface area contributed by atoms with E-state index in [-0.39, 0.29) is 12.3 Å². The van der Waals surface area contributed by atoms with Gasteiger partial charge in [0.25, 0.3) is 0 Å². The van der Waals surface area contributed by atoms with Crippen LogP contribution >= 0.6 is 0 Å². The number of fused-ring (bicyclic) bond motifs is 1. The van der Waals surface area contributed by atoms with Gasteiger partial charge in [0, 0.05) is 18.1 Å².